The van der Waals surface area contributed by atoms with Gasteiger partial charge in [-0.2, -0.15) is 5.10 Å². The average molecular weight is 368 g/mol. The molecule has 0 fully saturated rings. The number of benzene rings is 1. The number of amides is 2. The number of carbonyl (C=O) groups excluding carboxylic acids is 2. The summed E-state index contributed by atoms with van der Waals surface area (Å²) < 4.78 is 1.82. The number of hydrogen-bond donors (Lipinski definition) is 1. The lowest BCUT2D eigenvalue weighted by molar-refractivity contribution is -0.126. The highest BCUT2D eigenvalue weighted by Crippen LogP contribution is 2.27. The molecule has 1 unspecified atom stereocenters. The zero-order valence-electron chi connectivity index (χ0n) is 16.7. The van der Waals surface area contributed by atoms with Gasteiger partial charge < -0.3 is 10.2 Å². The normalized spacial score (nSPS) is 14.6. The van der Waals surface area contributed by atoms with Crippen LogP contribution < -0.4 is 5.32 Å². The van der Waals surface area contributed by atoms with E-state index in [1.807, 2.05) is 49.8 Å². The van der Waals surface area contributed by atoms with Crippen LogP contribution in [-0.4, -0.2) is 32.5 Å². The number of carbonyl (C=O) groups is 2. The summed E-state index contributed by atoms with van der Waals surface area (Å²) in [5.74, 6) is 0.145. The standard InChI is InChI=1S/C21H28N4O2/c1-13(2)10-19(25-12-16-8-6-7-9-17(16)21(25)27)20(26)22-11-18-14(3)23-24(5)15(18)4/h6-9,13,19H,10-12H2,1-5H3,(H,22,26). The predicted octanol–water partition coefficient (Wildman–Crippen LogP) is 2.72. The van der Waals surface area contributed by atoms with E-state index in [-0.39, 0.29) is 11.8 Å². The Morgan fingerprint density at radius 2 is 1.96 bits per heavy atom. The van der Waals surface area contributed by atoms with Crippen LogP contribution in [0.1, 0.15) is 53.1 Å². The van der Waals surface area contributed by atoms with Crippen LogP contribution in [0.3, 0.4) is 0 Å². The van der Waals surface area contributed by atoms with Crippen molar-refractivity contribution < 1.29 is 9.59 Å². The fraction of sp³-hybridized carbons (Fsp3) is 0.476. The smallest absolute Gasteiger partial charge is 0.255 e. The maximum Gasteiger partial charge on any atom is 0.255 e. The van der Waals surface area contributed by atoms with Gasteiger partial charge in [-0.3, -0.25) is 14.3 Å². The van der Waals surface area contributed by atoms with Crippen LogP contribution in [0.25, 0.3) is 0 Å². The Morgan fingerprint density at radius 1 is 1.26 bits per heavy atom. The Balaban J connectivity index is 1.77. The molecular weight excluding hydrogens is 340 g/mol. The zero-order chi connectivity index (χ0) is 19.7. The molecule has 0 radical (unpaired) electrons. The number of nitrogens with one attached hydrogen (secondary N) is 1. The number of aromatic nitrogens is 2. The zero-order valence-corrected chi connectivity index (χ0v) is 16.7. The highest BCUT2D eigenvalue weighted by molar-refractivity contribution is 6.01. The molecule has 3 rings (SSSR count). The summed E-state index contributed by atoms with van der Waals surface area (Å²) in [6.45, 7) is 9.00. The third-order valence-electron chi connectivity index (χ3n) is 5.32. The molecule has 0 saturated heterocycles. The summed E-state index contributed by atoms with van der Waals surface area (Å²) in [5.41, 5.74) is 4.68. The molecule has 0 spiro atoms. The Hall–Kier alpha value is -2.63. The predicted molar refractivity (Wildman–Crippen MR) is 104 cm³/mol. The van der Waals surface area contributed by atoms with Crippen LogP contribution in [-0.2, 0) is 24.9 Å². The molecule has 6 heteroatoms. The van der Waals surface area contributed by atoms with Gasteiger partial charge in [0.15, 0.2) is 0 Å². The molecule has 0 bridgehead atoms. The minimum atomic E-state index is -0.470. The Kier molecular flexibility index (Phi) is 5.35. The molecule has 2 amide bonds. The summed E-state index contributed by atoms with van der Waals surface area (Å²) in [6, 6.07) is 7.12. The molecule has 6 nitrogen and oxygen atoms in total. The molecule has 27 heavy (non-hydrogen) atoms. The summed E-state index contributed by atoms with van der Waals surface area (Å²) in [7, 11) is 1.90. The van der Waals surface area contributed by atoms with Gasteiger partial charge in [0.25, 0.3) is 5.91 Å². The number of nitrogens with zero attached hydrogens (tertiary/aromatic N) is 3. The van der Waals surface area contributed by atoms with Crippen LogP contribution in [0.15, 0.2) is 24.3 Å². The van der Waals surface area contributed by atoms with Crippen molar-refractivity contribution in [2.45, 2.75) is 53.2 Å². The minimum absolute atomic E-state index is 0.0554. The SMILES string of the molecule is Cc1nn(C)c(C)c1CNC(=O)C(CC(C)C)N1Cc2ccccc2C1=O. The highest BCUT2D eigenvalue weighted by atomic mass is 16.2. The van der Waals surface area contributed by atoms with E-state index in [0.29, 0.717) is 31.0 Å². The van der Waals surface area contributed by atoms with E-state index in [2.05, 4.69) is 24.3 Å². The second-order valence-corrected chi connectivity index (χ2v) is 7.73. The molecule has 0 aliphatic carbocycles. The van der Waals surface area contributed by atoms with Crippen LogP contribution in [0, 0.1) is 19.8 Å². The first kappa shape index (κ1) is 19.1. The van der Waals surface area contributed by atoms with Crippen LogP contribution in [0.5, 0.6) is 0 Å². The maximum atomic E-state index is 13.0. The Labute approximate surface area is 160 Å². The Morgan fingerprint density at radius 3 is 2.56 bits per heavy atom. The molecule has 1 aliphatic rings. The quantitative estimate of drug-likeness (QED) is 0.852. The van der Waals surface area contributed by atoms with Crippen LogP contribution in [0.2, 0.25) is 0 Å². The summed E-state index contributed by atoms with van der Waals surface area (Å²) in [4.78, 5) is 27.6. The van der Waals surface area contributed by atoms with Crippen LogP contribution >= 0.6 is 0 Å². The van der Waals surface area contributed by atoms with Gasteiger partial charge in [-0.15, -0.1) is 0 Å². The van der Waals surface area contributed by atoms with E-state index in [9.17, 15) is 9.59 Å². The highest BCUT2D eigenvalue weighted by Gasteiger charge is 2.36. The fourth-order valence-corrected chi connectivity index (χ4v) is 3.72. The van der Waals surface area contributed by atoms with Gasteiger partial charge >= 0.3 is 0 Å². The minimum Gasteiger partial charge on any atom is -0.350 e. The molecule has 2 heterocycles. The molecule has 1 atom stereocenters. The molecule has 1 aliphatic heterocycles. The van der Waals surface area contributed by atoms with Crippen molar-refractivity contribution in [2.24, 2.45) is 13.0 Å². The third-order valence-corrected chi connectivity index (χ3v) is 5.32. The van der Waals surface area contributed by atoms with Gasteiger partial charge in [0.2, 0.25) is 5.91 Å². The molecule has 0 saturated carbocycles. The molecule has 144 valence electrons. The van der Waals surface area contributed by atoms with Crippen molar-refractivity contribution in [1.82, 2.24) is 20.0 Å². The first-order chi connectivity index (χ1) is 12.8. The Bertz CT molecular complexity index is 869. The second kappa shape index (κ2) is 7.55. The van der Waals surface area contributed by atoms with Crippen molar-refractivity contribution in [3.63, 3.8) is 0 Å². The van der Waals surface area contributed by atoms with Crippen molar-refractivity contribution in [3.05, 3.63) is 52.3 Å². The molecule has 1 aromatic carbocycles. The average Bonchev–Trinajstić information content (AvgIpc) is 3.07. The lowest BCUT2D eigenvalue weighted by Crippen LogP contribution is -2.47. The maximum absolute atomic E-state index is 13.0. The molecule has 1 aromatic heterocycles. The van der Waals surface area contributed by atoms with E-state index in [1.165, 1.54) is 0 Å². The van der Waals surface area contributed by atoms with E-state index >= 15 is 0 Å². The number of hydrogen-bond acceptors (Lipinski definition) is 3. The van der Waals surface area contributed by atoms with Gasteiger partial charge in [-0.25, -0.2) is 0 Å². The monoisotopic (exact) mass is 368 g/mol. The molecular formula is C21H28N4O2. The lowest BCUT2D eigenvalue weighted by Gasteiger charge is -2.28. The third kappa shape index (κ3) is 3.75. The van der Waals surface area contributed by atoms with E-state index in [4.69, 9.17) is 0 Å². The van der Waals surface area contributed by atoms with E-state index in [1.54, 1.807) is 4.90 Å². The number of aryl methyl sites for hydroxylation is 2. The summed E-state index contributed by atoms with van der Waals surface area (Å²) in [5, 5.41) is 7.44. The molecule has 1 N–H and O–H groups in total. The van der Waals surface area contributed by atoms with Gasteiger partial charge in [-0.1, -0.05) is 32.0 Å². The van der Waals surface area contributed by atoms with E-state index < -0.39 is 6.04 Å². The van der Waals surface area contributed by atoms with Gasteiger partial charge in [0.05, 0.1) is 5.69 Å². The van der Waals surface area contributed by atoms with Crippen molar-refractivity contribution in [1.29, 1.82) is 0 Å². The first-order valence-electron chi connectivity index (χ1n) is 9.45. The van der Waals surface area contributed by atoms with Crippen molar-refractivity contribution in [2.75, 3.05) is 0 Å². The van der Waals surface area contributed by atoms with Gasteiger partial charge in [-0.05, 0) is 37.8 Å². The number of rotatable bonds is 6. The van der Waals surface area contributed by atoms with Gasteiger partial charge in [0.1, 0.15) is 6.04 Å². The fourth-order valence-electron chi connectivity index (χ4n) is 3.72. The lowest BCUT2D eigenvalue weighted by atomic mass is 10.0. The second-order valence-electron chi connectivity index (χ2n) is 7.73. The summed E-state index contributed by atoms with van der Waals surface area (Å²) >= 11 is 0. The van der Waals surface area contributed by atoms with Gasteiger partial charge in [0, 0.05) is 37.0 Å². The number of fused-ring (bicyclic) bond motifs is 1. The summed E-state index contributed by atoms with van der Waals surface area (Å²) in [6.07, 6.45) is 0.635. The largest absolute Gasteiger partial charge is 0.350 e. The van der Waals surface area contributed by atoms with Crippen molar-refractivity contribution >= 4 is 11.8 Å². The molecule has 2 aromatic rings. The van der Waals surface area contributed by atoms with Crippen molar-refractivity contribution in [3.8, 4) is 0 Å². The van der Waals surface area contributed by atoms with Crippen LogP contribution in [0.4, 0.5) is 0 Å². The van der Waals surface area contributed by atoms with E-state index in [0.717, 1.165) is 22.5 Å². The topological polar surface area (TPSA) is 67.2 Å². The first-order valence-corrected chi connectivity index (χ1v) is 9.45.